The van der Waals surface area contributed by atoms with E-state index >= 15 is 0 Å². The van der Waals surface area contributed by atoms with Crippen molar-refractivity contribution in [3.63, 3.8) is 0 Å². The molecule has 0 atom stereocenters. The summed E-state index contributed by atoms with van der Waals surface area (Å²) in [6, 6.07) is 3.97. The number of hydrogen-bond donors (Lipinski definition) is 1. The molecule has 0 fully saturated rings. The minimum absolute atomic E-state index is 0.474. The van der Waals surface area contributed by atoms with Gasteiger partial charge in [-0.3, -0.25) is 10.1 Å². The summed E-state index contributed by atoms with van der Waals surface area (Å²) in [7, 11) is 1.79. The van der Waals surface area contributed by atoms with Gasteiger partial charge >= 0.3 is 5.69 Å². The van der Waals surface area contributed by atoms with Gasteiger partial charge in [0.15, 0.2) is 0 Å². The highest BCUT2D eigenvalue weighted by molar-refractivity contribution is 5.35. The monoisotopic (exact) mass is 198 g/mol. The molecule has 0 saturated carbocycles. The second-order valence-electron chi connectivity index (χ2n) is 2.90. The van der Waals surface area contributed by atoms with Crippen LogP contribution in [0.3, 0.4) is 0 Å². The number of nitro groups is 1. The van der Waals surface area contributed by atoms with Crippen LogP contribution >= 0.6 is 0 Å². The van der Waals surface area contributed by atoms with Crippen molar-refractivity contribution in [2.24, 2.45) is 0 Å². The smallest absolute Gasteiger partial charge is 0.304 e. The summed E-state index contributed by atoms with van der Waals surface area (Å²) in [4.78, 5) is 9.58. The quantitative estimate of drug-likeness (QED) is 0.589. The Bertz CT molecular complexity index is 342. The predicted molar refractivity (Wildman–Crippen MR) is 50.7 cm³/mol. The summed E-state index contributed by atoms with van der Waals surface area (Å²) in [6.07, 6.45) is 0.658. The molecule has 0 heterocycles. The van der Waals surface area contributed by atoms with Crippen molar-refractivity contribution in [3.05, 3.63) is 39.7 Å². The number of nitro benzene ring substituents is 1. The molecule has 76 valence electrons. The fraction of sp³-hybridized carbons (Fsp3) is 0.333. The fourth-order valence-corrected chi connectivity index (χ4v) is 1.12. The van der Waals surface area contributed by atoms with E-state index in [1.807, 2.05) is 0 Å². The molecule has 0 aliphatic rings. The summed E-state index contributed by atoms with van der Waals surface area (Å²) in [5, 5.41) is 13.2. The zero-order valence-corrected chi connectivity index (χ0v) is 7.79. The van der Waals surface area contributed by atoms with Crippen LogP contribution in [0.4, 0.5) is 10.1 Å². The van der Waals surface area contributed by atoms with Gasteiger partial charge in [0, 0.05) is 6.07 Å². The Morgan fingerprint density at radius 3 is 2.79 bits per heavy atom. The van der Waals surface area contributed by atoms with Crippen molar-refractivity contribution < 1.29 is 9.31 Å². The Balaban J connectivity index is 2.83. The highest BCUT2D eigenvalue weighted by Gasteiger charge is 2.13. The number of likely N-dealkylation sites (N-methyl/N-ethyl adjacent to an activating group) is 1. The van der Waals surface area contributed by atoms with Crippen molar-refractivity contribution in [2.75, 3.05) is 13.6 Å². The standard InChI is InChI=1S/C9H11FN2O2/c1-11-5-4-7-2-3-9(12(13)14)8(10)6-7/h2-3,6,11H,4-5H2,1H3. The first-order valence-corrected chi connectivity index (χ1v) is 4.22. The molecule has 1 aromatic carbocycles. The first-order chi connectivity index (χ1) is 6.65. The lowest BCUT2D eigenvalue weighted by Crippen LogP contribution is -2.10. The molecule has 5 heteroatoms. The minimum atomic E-state index is -0.774. The minimum Gasteiger partial charge on any atom is -0.319 e. The molecule has 0 radical (unpaired) electrons. The van der Waals surface area contributed by atoms with Gasteiger partial charge in [0.25, 0.3) is 0 Å². The maximum atomic E-state index is 13.1. The third-order valence-corrected chi connectivity index (χ3v) is 1.87. The third-order valence-electron chi connectivity index (χ3n) is 1.87. The molecule has 0 aliphatic heterocycles. The maximum Gasteiger partial charge on any atom is 0.304 e. The summed E-state index contributed by atoms with van der Waals surface area (Å²) in [5.41, 5.74) is 0.278. The van der Waals surface area contributed by atoms with Crippen molar-refractivity contribution in [1.82, 2.24) is 5.32 Å². The summed E-state index contributed by atoms with van der Waals surface area (Å²) >= 11 is 0. The van der Waals surface area contributed by atoms with Gasteiger partial charge in [0.05, 0.1) is 4.92 Å². The van der Waals surface area contributed by atoms with Crippen LogP contribution < -0.4 is 5.32 Å². The van der Waals surface area contributed by atoms with E-state index in [2.05, 4.69) is 5.32 Å². The summed E-state index contributed by atoms with van der Waals surface area (Å²) in [5.74, 6) is -0.774. The van der Waals surface area contributed by atoms with Gasteiger partial charge in [-0.15, -0.1) is 0 Å². The van der Waals surface area contributed by atoms with Crippen LogP contribution in [-0.2, 0) is 6.42 Å². The molecular formula is C9H11FN2O2. The zero-order chi connectivity index (χ0) is 10.6. The van der Waals surface area contributed by atoms with Gasteiger partial charge in [-0.1, -0.05) is 6.07 Å². The van der Waals surface area contributed by atoms with Crippen LogP contribution in [0.2, 0.25) is 0 Å². The fourth-order valence-electron chi connectivity index (χ4n) is 1.12. The molecule has 0 aromatic heterocycles. The SMILES string of the molecule is CNCCc1ccc([N+](=O)[O-])c(F)c1. The lowest BCUT2D eigenvalue weighted by atomic mass is 10.1. The molecule has 14 heavy (non-hydrogen) atoms. The molecule has 1 aromatic rings. The third kappa shape index (κ3) is 2.50. The molecule has 1 rings (SSSR count). The van der Waals surface area contributed by atoms with Crippen LogP contribution in [0.5, 0.6) is 0 Å². The number of nitrogens with one attached hydrogen (secondary N) is 1. The second-order valence-corrected chi connectivity index (χ2v) is 2.90. The number of hydrogen-bond acceptors (Lipinski definition) is 3. The van der Waals surface area contributed by atoms with Crippen LogP contribution in [0.25, 0.3) is 0 Å². The van der Waals surface area contributed by atoms with E-state index in [4.69, 9.17) is 0 Å². The lowest BCUT2D eigenvalue weighted by Gasteiger charge is -2.00. The molecule has 0 bridgehead atoms. The number of rotatable bonds is 4. The Labute approximate surface area is 80.9 Å². The van der Waals surface area contributed by atoms with Gasteiger partial charge in [0.1, 0.15) is 0 Å². The Morgan fingerprint density at radius 2 is 2.29 bits per heavy atom. The molecule has 1 N–H and O–H groups in total. The van der Waals surface area contributed by atoms with E-state index in [0.717, 1.165) is 12.1 Å². The zero-order valence-electron chi connectivity index (χ0n) is 7.79. The maximum absolute atomic E-state index is 13.1. The van der Waals surface area contributed by atoms with E-state index in [-0.39, 0.29) is 0 Å². The second kappa shape index (κ2) is 4.66. The van der Waals surface area contributed by atoms with E-state index < -0.39 is 16.4 Å². The normalized spacial score (nSPS) is 10.1. The van der Waals surface area contributed by atoms with Gasteiger partial charge in [-0.25, -0.2) is 0 Å². The highest BCUT2D eigenvalue weighted by Crippen LogP contribution is 2.17. The van der Waals surface area contributed by atoms with Crippen molar-refractivity contribution >= 4 is 5.69 Å². The summed E-state index contributed by atoms with van der Waals surface area (Å²) in [6.45, 7) is 0.719. The Morgan fingerprint density at radius 1 is 1.57 bits per heavy atom. The Kier molecular flexibility index (Phi) is 3.53. The number of halogens is 1. The molecule has 0 amide bonds. The molecular weight excluding hydrogens is 187 g/mol. The largest absolute Gasteiger partial charge is 0.319 e. The van der Waals surface area contributed by atoms with E-state index in [1.54, 1.807) is 13.1 Å². The van der Waals surface area contributed by atoms with Crippen LogP contribution in [0, 0.1) is 15.9 Å². The first kappa shape index (κ1) is 10.6. The van der Waals surface area contributed by atoms with Gasteiger partial charge in [0.2, 0.25) is 5.82 Å². The molecule has 4 nitrogen and oxygen atoms in total. The molecule has 0 unspecified atom stereocenters. The topological polar surface area (TPSA) is 55.2 Å². The van der Waals surface area contributed by atoms with E-state index in [0.29, 0.717) is 6.42 Å². The average Bonchev–Trinajstić information content (AvgIpc) is 2.14. The Hall–Kier alpha value is -1.49. The van der Waals surface area contributed by atoms with Crippen molar-refractivity contribution in [2.45, 2.75) is 6.42 Å². The lowest BCUT2D eigenvalue weighted by molar-refractivity contribution is -0.387. The van der Waals surface area contributed by atoms with E-state index in [9.17, 15) is 14.5 Å². The number of nitrogens with zero attached hydrogens (tertiary/aromatic N) is 1. The highest BCUT2D eigenvalue weighted by atomic mass is 19.1. The molecule has 0 aliphatic carbocycles. The van der Waals surface area contributed by atoms with E-state index in [1.165, 1.54) is 12.1 Å². The van der Waals surface area contributed by atoms with Crippen LogP contribution in [0.15, 0.2) is 18.2 Å². The van der Waals surface area contributed by atoms with Gasteiger partial charge in [-0.05, 0) is 31.6 Å². The number of benzene rings is 1. The van der Waals surface area contributed by atoms with Crippen molar-refractivity contribution in [3.8, 4) is 0 Å². The molecule has 0 spiro atoms. The summed E-state index contributed by atoms with van der Waals surface area (Å²) < 4.78 is 13.1. The predicted octanol–water partition coefficient (Wildman–Crippen LogP) is 1.50. The van der Waals surface area contributed by atoms with Crippen LogP contribution in [-0.4, -0.2) is 18.5 Å². The van der Waals surface area contributed by atoms with Crippen molar-refractivity contribution in [1.29, 1.82) is 0 Å². The molecule has 0 saturated heterocycles. The first-order valence-electron chi connectivity index (χ1n) is 4.22. The van der Waals surface area contributed by atoms with Gasteiger partial charge in [-0.2, -0.15) is 4.39 Å². The average molecular weight is 198 g/mol. The van der Waals surface area contributed by atoms with Gasteiger partial charge < -0.3 is 5.32 Å². The van der Waals surface area contributed by atoms with Crippen LogP contribution in [0.1, 0.15) is 5.56 Å².